The third-order valence-corrected chi connectivity index (χ3v) is 19.1. The molecule has 15 rings (SSSR count). The van der Waals surface area contributed by atoms with E-state index in [2.05, 4.69) is 219 Å². The van der Waals surface area contributed by atoms with Crippen LogP contribution in [0, 0.1) is 0 Å². The fraction of sp³-hybridized carbons (Fsp3) is 0.0312. The summed E-state index contributed by atoms with van der Waals surface area (Å²) in [6.07, 6.45) is 0. The lowest BCUT2D eigenvalue weighted by Crippen LogP contribution is -2.49. The summed E-state index contributed by atoms with van der Waals surface area (Å²) in [5.41, 5.74) is 21.1. The first-order chi connectivity index (χ1) is 32.0. The van der Waals surface area contributed by atoms with Crippen molar-refractivity contribution in [1.29, 1.82) is 0 Å². The van der Waals surface area contributed by atoms with Crippen molar-refractivity contribution in [2.45, 2.75) is 13.1 Å². The second-order valence-electron chi connectivity index (χ2n) is 19.1. The van der Waals surface area contributed by atoms with Gasteiger partial charge in [-0.15, -0.1) is 0 Å². The molecule has 0 N–H and O–H groups in total. The van der Waals surface area contributed by atoms with Gasteiger partial charge in [-0.1, -0.05) is 201 Å². The molecule has 300 valence electrons. The Kier molecular flexibility index (Phi) is 6.93. The lowest BCUT2D eigenvalue weighted by molar-refractivity contribution is 1.66. The number of fused-ring (bicyclic) bond motifs is 12. The molecule has 1 aliphatic heterocycles. The maximum Gasteiger partial charge on any atom is 0.113 e. The summed E-state index contributed by atoms with van der Waals surface area (Å²) in [6, 6.07) is 79.1. The molecule has 0 bridgehead atoms. The molecule has 0 radical (unpaired) electrons. The van der Waals surface area contributed by atoms with Crippen molar-refractivity contribution in [2.24, 2.45) is 0 Å². The topological polar surface area (TPSA) is 0 Å². The van der Waals surface area contributed by atoms with Crippen LogP contribution in [-0.2, 0) is 0 Å². The van der Waals surface area contributed by atoms with E-state index in [-0.39, 0.29) is 0 Å². The number of hydrogen-bond acceptors (Lipinski definition) is 0. The summed E-state index contributed by atoms with van der Waals surface area (Å²) in [7, 11) is -2.07. The summed E-state index contributed by atoms with van der Waals surface area (Å²) in [5.74, 6) is 0. The summed E-state index contributed by atoms with van der Waals surface area (Å²) >= 11 is 0. The fourth-order valence-electron chi connectivity index (χ4n) is 12.6. The number of rotatable bonds is 3. The van der Waals surface area contributed by atoms with Gasteiger partial charge in [-0.25, -0.2) is 0 Å². The molecule has 12 aromatic carbocycles. The van der Waals surface area contributed by atoms with Gasteiger partial charge in [-0.3, -0.25) is 0 Å². The minimum atomic E-state index is -2.07. The zero-order valence-electron chi connectivity index (χ0n) is 36.1. The second kappa shape index (κ2) is 12.7. The maximum atomic E-state index is 2.66. The van der Waals surface area contributed by atoms with Gasteiger partial charge < -0.3 is 0 Å². The van der Waals surface area contributed by atoms with E-state index >= 15 is 0 Å². The van der Waals surface area contributed by atoms with Crippen LogP contribution in [0.3, 0.4) is 0 Å². The van der Waals surface area contributed by atoms with E-state index in [0.29, 0.717) is 0 Å². The molecule has 0 saturated heterocycles. The molecule has 0 aromatic heterocycles. The molecule has 12 aromatic rings. The predicted molar refractivity (Wildman–Crippen MR) is 281 cm³/mol. The maximum absolute atomic E-state index is 2.66. The second-order valence-corrected chi connectivity index (χ2v) is 23.4. The van der Waals surface area contributed by atoms with Gasteiger partial charge in [0.15, 0.2) is 0 Å². The molecule has 2 aliphatic carbocycles. The molecule has 65 heavy (non-hydrogen) atoms. The quantitative estimate of drug-likeness (QED) is 0.123. The van der Waals surface area contributed by atoms with Crippen molar-refractivity contribution in [2.75, 3.05) is 0 Å². The standard InChI is InChI=1S/C64H40Si/c1-65(2)59-24-10-9-19-45(59)55-35-57-58(36-60(55)65)64(53-32-30-51-44-18-8-6-16-42(44)47-21-12-23-49(53)62(47)51)56-34-40(39-26-25-37-13-3-4-14-38(37)33-39)27-28-54(56)63(57)52-31-29-50-43-17-7-5-15-41(43)46-20-11-22-48(52)61(46)50/h3-36H,1-2H3. The van der Waals surface area contributed by atoms with Crippen LogP contribution in [0.1, 0.15) is 0 Å². The first-order valence-corrected chi connectivity index (χ1v) is 26.0. The molecule has 0 saturated carbocycles. The Morgan fingerprint density at radius 3 is 1.35 bits per heavy atom. The van der Waals surface area contributed by atoms with Crippen LogP contribution >= 0.6 is 0 Å². The van der Waals surface area contributed by atoms with Crippen LogP contribution in [0.4, 0.5) is 0 Å². The van der Waals surface area contributed by atoms with Gasteiger partial charge in [0.25, 0.3) is 0 Å². The zero-order valence-corrected chi connectivity index (χ0v) is 37.1. The van der Waals surface area contributed by atoms with Gasteiger partial charge >= 0.3 is 0 Å². The van der Waals surface area contributed by atoms with Crippen LogP contribution in [0.15, 0.2) is 206 Å². The Bertz CT molecular complexity index is 4090. The SMILES string of the molecule is C[Si]1(C)c2ccccc2-c2cc3c(-c4ccc5c6c(cccc46)-c4ccccc4-5)c4ccc(-c5ccc6ccccc6c5)cc4c(-c4ccc5c6c(cccc46)-c4ccccc4-5)c3cc21. The first-order valence-electron chi connectivity index (χ1n) is 23.0. The number of hydrogen-bond donors (Lipinski definition) is 0. The van der Waals surface area contributed by atoms with Crippen LogP contribution in [-0.4, -0.2) is 8.07 Å². The van der Waals surface area contributed by atoms with Gasteiger partial charge in [-0.2, -0.15) is 0 Å². The molecule has 0 unspecified atom stereocenters. The highest BCUT2D eigenvalue weighted by Gasteiger charge is 2.38. The highest BCUT2D eigenvalue weighted by atomic mass is 28.3. The van der Waals surface area contributed by atoms with E-state index in [9.17, 15) is 0 Å². The Balaban J connectivity index is 1.13. The normalized spacial score (nSPS) is 13.5. The molecule has 0 nitrogen and oxygen atoms in total. The Hall–Kier alpha value is -7.84. The first kappa shape index (κ1) is 35.6. The zero-order chi connectivity index (χ0) is 42.7. The summed E-state index contributed by atoms with van der Waals surface area (Å²) < 4.78 is 0. The van der Waals surface area contributed by atoms with Crippen molar-refractivity contribution < 1.29 is 0 Å². The van der Waals surface area contributed by atoms with Crippen molar-refractivity contribution >= 4 is 72.3 Å². The van der Waals surface area contributed by atoms with Gasteiger partial charge in [0.2, 0.25) is 0 Å². The summed E-state index contributed by atoms with van der Waals surface area (Å²) in [5, 5.41) is 16.1. The molecule has 3 aliphatic rings. The van der Waals surface area contributed by atoms with Crippen molar-refractivity contribution in [3.8, 4) is 89.0 Å². The summed E-state index contributed by atoms with van der Waals surface area (Å²) in [6.45, 7) is 5.11. The van der Waals surface area contributed by atoms with Crippen molar-refractivity contribution in [1.82, 2.24) is 0 Å². The average Bonchev–Trinajstić information content (AvgIpc) is 3.94. The van der Waals surface area contributed by atoms with E-state index in [1.807, 2.05) is 0 Å². The molecule has 0 atom stereocenters. The monoisotopic (exact) mass is 836 g/mol. The molecule has 1 heteroatoms. The lowest BCUT2D eigenvalue weighted by Gasteiger charge is -2.24. The van der Waals surface area contributed by atoms with Crippen LogP contribution in [0.25, 0.3) is 143 Å². The smallest absolute Gasteiger partial charge is 0.0623 e. The Labute approximate surface area is 378 Å². The largest absolute Gasteiger partial charge is 0.113 e. The highest BCUT2D eigenvalue weighted by Crippen LogP contribution is 2.55. The van der Waals surface area contributed by atoms with Crippen molar-refractivity contribution in [3.05, 3.63) is 206 Å². The molecule has 0 amide bonds. The van der Waals surface area contributed by atoms with Gasteiger partial charge in [0.1, 0.15) is 8.07 Å². The fourth-order valence-corrected chi connectivity index (χ4v) is 15.7. The minimum Gasteiger partial charge on any atom is -0.0623 e. The van der Waals surface area contributed by atoms with Crippen molar-refractivity contribution in [3.63, 3.8) is 0 Å². The Morgan fingerprint density at radius 2 is 0.708 bits per heavy atom. The molecular formula is C64H40Si. The van der Waals surface area contributed by atoms with Gasteiger partial charge in [0.05, 0.1) is 0 Å². The van der Waals surface area contributed by atoms with E-state index < -0.39 is 8.07 Å². The van der Waals surface area contributed by atoms with E-state index in [0.717, 1.165) is 0 Å². The highest BCUT2D eigenvalue weighted by molar-refractivity contribution is 7.04. The minimum absolute atomic E-state index is 1.23. The Morgan fingerprint density at radius 1 is 0.246 bits per heavy atom. The van der Waals surface area contributed by atoms with Gasteiger partial charge in [0, 0.05) is 0 Å². The number of benzene rings is 12. The van der Waals surface area contributed by atoms with Crippen LogP contribution < -0.4 is 10.4 Å². The molecule has 0 spiro atoms. The molecule has 0 fully saturated rings. The van der Waals surface area contributed by atoms with E-state index in [1.54, 1.807) is 0 Å². The molecular weight excluding hydrogens is 797 g/mol. The van der Waals surface area contributed by atoms with E-state index in [1.165, 1.54) is 153 Å². The van der Waals surface area contributed by atoms with Crippen LogP contribution in [0.2, 0.25) is 13.1 Å². The summed E-state index contributed by atoms with van der Waals surface area (Å²) in [4.78, 5) is 0. The van der Waals surface area contributed by atoms with E-state index in [4.69, 9.17) is 0 Å². The lowest BCUT2D eigenvalue weighted by atomic mass is 9.81. The predicted octanol–water partition coefficient (Wildman–Crippen LogP) is 16.6. The molecule has 1 heterocycles. The average molecular weight is 837 g/mol. The third-order valence-electron chi connectivity index (χ3n) is 15.5. The van der Waals surface area contributed by atoms with Crippen LogP contribution in [0.5, 0.6) is 0 Å². The van der Waals surface area contributed by atoms with Gasteiger partial charge in [-0.05, 0) is 171 Å². The third kappa shape index (κ3) is 4.65.